The van der Waals surface area contributed by atoms with Gasteiger partial charge in [0.05, 0.1) is 5.69 Å². The Bertz CT molecular complexity index is 565. The van der Waals surface area contributed by atoms with Crippen molar-refractivity contribution in [1.29, 1.82) is 0 Å². The molecule has 0 aliphatic carbocycles. The Balaban J connectivity index is 2.03. The Morgan fingerprint density at radius 2 is 2.22 bits per heavy atom. The van der Waals surface area contributed by atoms with E-state index < -0.39 is 0 Å². The molecule has 0 saturated heterocycles. The Hall–Kier alpha value is -1.72. The fourth-order valence-electron chi connectivity index (χ4n) is 1.77. The lowest BCUT2D eigenvalue weighted by atomic mass is 10.3. The van der Waals surface area contributed by atoms with Gasteiger partial charge in [0.15, 0.2) is 0 Å². The average Bonchev–Trinajstić information content (AvgIpc) is 2.39. The summed E-state index contributed by atoms with van der Waals surface area (Å²) in [5, 5.41) is 11.9. The first-order valence-corrected chi connectivity index (χ1v) is 6.10. The van der Waals surface area contributed by atoms with Crippen LogP contribution in [-0.2, 0) is 6.54 Å². The minimum atomic E-state index is -0.0623. The molecule has 0 aromatic carbocycles. The van der Waals surface area contributed by atoms with Gasteiger partial charge in [-0.05, 0) is 31.5 Å². The molecule has 0 aliphatic heterocycles. The van der Waals surface area contributed by atoms with Crippen LogP contribution in [0, 0.1) is 0 Å². The van der Waals surface area contributed by atoms with E-state index in [0.29, 0.717) is 12.2 Å². The zero-order valence-corrected chi connectivity index (χ0v) is 10.2. The first-order valence-electron chi connectivity index (χ1n) is 6.10. The van der Waals surface area contributed by atoms with Crippen LogP contribution in [0.4, 0.5) is 0 Å². The number of nitrogens with zero attached hydrogens (tertiary/aromatic N) is 2. The van der Waals surface area contributed by atoms with E-state index in [1.165, 1.54) is 4.40 Å². The number of unbranched alkanes of at least 4 members (excludes halogenated alkanes) is 1. The molecule has 2 aromatic heterocycles. The second-order valence-corrected chi connectivity index (χ2v) is 4.12. The number of hydrogen-bond acceptors (Lipinski definition) is 4. The highest BCUT2D eigenvalue weighted by atomic mass is 16.2. The highest BCUT2D eigenvalue weighted by Gasteiger charge is 2.00. The van der Waals surface area contributed by atoms with Gasteiger partial charge in [-0.2, -0.15) is 0 Å². The monoisotopic (exact) mass is 247 g/mol. The fourth-order valence-corrected chi connectivity index (χ4v) is 1.77. The lowest BCUT2D eigenvalue weighted by Crippen LogP contribution is -2.20. The lowest BCUT2D eigenvalue weighted by Gasteiger charge is -2.05. The molecular formula is C13H17N3O2. The van der Waals surface area contributed by atoms with E-state index in [4.69, 9.17) is 5.11 Å². The maximum absolute atomic E-state index is 11.8. The molecule has 96 valence electrons. The molecule has 0 saturated carbocycles. The normalized spacial score (nSPS) is 10.9. The lowest BCUT2D eigenvalue weighted by molar-refractivity contribution is 0.283. The topological polar surface area (TPSA) is 66.6 Å². The van der Waals surface area contributed by atoms with Crippen molar-refractivity contribution in [2.45, 2.75) is 19.4 Å². The molecule has 0 aliphatic rings. The second kappa shape index (κ2) is 6.28. The molecule has 5 heteroatoms. The van der Waals surface area contributed by atoms with Crippen molar-refractivity contribution in [2.75, 3.05) is 13.2 Å². The molecule has 2 N–H and O–H groups in total. The summed E-state index contributed by atoms with van der Waals surface area (Å²) in [5.74, 6) is 0. The van der Waals surface area contributed by atoms with Crippen LogP contribution in [0.3, 0.4) is 0 Å². The van der Waals surface area contributed by atoms with Gasteiger partial charge >= 0.3 is 0 Å². The van der Waals surface area contributed by atoms with Gasteiger partial charge in [0.25, 0.3) is 5.56 Å². The van der Waals surface area contributed by atoms with Crippen LogP contribution in [0.5, 0.6) is 0 Å². The Morgan fingerprint density at radius 1 is 1.33 bits per heavy atom. The molecule has 5 nitrogen and oxygen atoms in total. The molecule has 0 spiro atoms. The summed E-state index contributed by atoms with van der Waals surface area (Å²) in [4.78, 5) is 16.2. The van der Waals surface area contributed by atoms with Crippen LogP contribution < -0.4 is 10.9 Å². The van der Waals surface area contributed by atoms with Crippen molar-refractivity contribution in [2.24, 2.45) is 0 Å². The summed E-state index contributed by atoms with van der Waals surface area (Å²) < 4.78 is 1.52. The third-order valence-electron chi connectivity index (χ3n) is 2.69. The van der Waals surface area contributed by atoms with Gasteiger partial charge < -0.3 is 10.4 Å². The summed E-state index contributed by atoms with van der Waals surface area (Å²) >= 11 is 0. The quantitative estimate of drug-likeness (QED) is 0.732. The largest absolute Gasteiger partial charge is 0.396 e. The molecule has 2 heterocycles. The van der Waals surface area contributed by atoms with E-state index in [0.717, 1.165) is 25.1 Å². The molecule has 18 heavy (non-hydrogen) atoms. The summed E-state index contributed by atoms with van der Waals surface area (Å²) in [7, 11) is 0. The summed E-state index contributed by atoms with van der Waals surface area (Å²) in [5.41, 5.74) is 1.35. The average molecular weight is 247 g/mol. The molecular weight excluding hydrogens is 230 g/mol. The van der Waals surface area contributed by atoms with Crippen LogP contribution in [0.15, 0.2) is 35.3 Å². The standard InChI is InChI=1S/C13H17N3O2/c17-8-4-2-6-14-10-11-9-13(18)16-7-3-1-5-12(16)15-11/h1,3,5,7,9,14,17H,2,4,6,8,10H2. The van der Waals surface area contributed by atoms with Gasteiger partial charge in [-0.1, -0.05) is 6.07 Å². The molecule has 0 fully saturated rings. The van der Waals surface area contributed by atoms with Crippen molar-refractivity contribution < 1.29 is 5.11 Å². The molecule has 0 radical (unpaired) electrons. The number of fused-ring (bicyclic) bond motifs is 1. The number of nitrogens with one attached hydrogen (secondary N) is 1. The SMILES string of the molecule is O=c1cc(CNCCCCO)nc2ccccn12. The first kappa shape index (κ1) is 12.7. The highest BCUT2D eigenvalue weighted by Crippen LogP contribution is 1.98. The Kier molecular flexibility index (Phi) is 4.44. The van der Waals surface area contributed by atoms with Crippen LogP contribution in [0.25, 0.3) is 5.65 Å². The summed E-state index contributed by atoms with van der Waals surface area (Å²) in [6.45, 7) is 1.61. The molecule has 0 amide bonds. The smallest absolute Gasteiger partial charge is 0.258 e. The van der Waals surface area contributed by atoms with Crippen LogP contribution in [-0.4, -0.2) is 27.6 Å². The zero-order valence-electron chi connectivity index (χ0n) is 10.2. The molecule has 0 bridgehead atoms. The van der Waals surface area contributed by atoms with Crippen molar-refractivity contribution >= 4 is 5.65 Å². The molecule has 0 unspecified atom stereocenters. The van der Waals surface area contributed by atoms with Crippen molar-refractivity contribution in [1.82, 2.24) is 14.7 Å². The number of rotatable bonds is 6. The summed E-state index contributed by atoms with van der Waals surface area (Å²) in [6, 6.07) is 7.03. The van der Waals surface area contributed by atoms with E-state index in [2.05, 4.69) is 10.3 Å². The number of aliphatic hydroxyl groups excluding tert-OH is 1. The third-order valence-corrected chi connectivity index (χ3v) is 2.69. The third kappa shape index (κ3) is 3.15. The summed E-state index contributed by atoms with van der Waals surface area (Å²) in [6.07, 6.45) is 3.42. The van der Waals surface area contributed by atoms with Crippen molar-refractivity contribution in [3.05, 3.63) is 46.5 Å². The van der Waals surface area contributed by atoms with E-state index >= 15 is 0 Å². The van der Waals surface area contributed by atoms with Gasteiger partial charge in [0.2, 0.25) is 0 Å². The minimum Gasteiger partial charge on any atom is -0.396 e. The van der Waals surface area contributed by atoms with Crippen molar-refractivity contribution in [3.63, 3.8) is 0 Å². The zero-order chi connectivity index (χ0) is 12.8. The van der Waals surface area contributed by atoms with E-state index in [1.54, 1.807) is 12.3 Å². The Morgan fingerprint density at radius 3 is 3.06 bits per heavy atom. The number of aliphatic hydroxyl groups is 1. The predicted molar refractivity (Wildman–Crippen MR) is 69.5 cm³/mol. The minimum absolute atomic E-state index is 0.0623. The predicted octanol–water partition coefficient (Wildman–Crippen LogP) is 0.557. The fraction of sp³-hybridized carbons (Fsp3) is 0.385. The van der Waals surface area contributed by atoms with Crippen LogP contribution in [0.1, 0.15) is 18.5 Å². The number of aromatic nitrogens is 2. The maximum atomic E-state index is 11.8. The van der Waals surface area contributed by atoms with Gasteiger partial charge in [-0.15, -0.1) is 0 Å². The van der Waals surface area contributed by atoms with Gasteiger partial charge in [-0.25, -0.2) is 4.98 Å². The van der Waals surface area contributed by atoms with E-state index in [-0.39, 0.29) is 12.2 Å². The van der Waals surface area contributed by atoms with Crippen LogP contribution in [0.2, 0.25) is 0 Å². The van der Waals surface area contributed by atoms with Crippen LogP contribution >= 0.6 is 0 Å². The maximum Gasteiger partial charge on any atom is 0.258 e. The molecule has 2 aromatic rings. The molecule has 0 atom stereocenters. The van der Waals surface area contributed by atoms with Gasteiger partial charge in [0.1, 0.15) is 5.65 Å². The second-order valence-electron chi connectivity index (χ2n) is 4.12. The highest BCUT2D eigenvalue weighted by molar-refractivity contribution is 5.37. The van der Waals surface area contributed by atoms with Gasteiger partial charge in [-0.3, -0.25) is 9.20 Å². The van der Waals surface area contributed by atoms with E-state index in [9.17, 15) is 4.79 Å². The van der Waals surface area contributed by atoms with Gasteiger partial charge in [0, 0.05) is 25.4 Å². The van der Waals surface area contributed by atoms with Crippen molar-refractivity contribution in [3.8, 4) is 0 Å². The first-order chi connectivity index (χ1) is 8.81. The van der Waals surface area contributed by atoms with E-state index in [1.807, 2.05) is 18.2 Å². The molecule has 2 rings (SSSR count). The number of hydrogen-bond donors (Lipinski definition) is 2. The number of pyridine rings is 1. The Labute approximate surface area is 105 Å².